The van der Waals surface area contributed by atoms with Gasteiger partial charge in [-0.25, -0.2) is 4.39 Å². The van der Waals surface area contributed by atoms with Crippen LogP contribution < -0.4 is 10.6 Å². The van der Waals surface area contributed by atoms with E-state index in [1.54, 1.807) is 32.4 Å². The van der Waals surface area contributed by atoms with Gasteiger partial charge in [-0.1, -0.05) is 0 Å². The Bertz CT molecular complexity index is 985. The number of aliphatic hydroxyl groups excluding tert-OH is 2. The number of anilines is 1. The van der Waals surface area contributed by atoms with Crippen molar-refractivity contribution in [2.24, 2.45) is 7.05 Å². The van der Waals surface area contributed by atoms with Crippen LogP contribution >= 0.6 is 0 Å². The number of aromatic nitrogens is 1. The number of rotatable bonds is 5. The smallest absolute Gasteiger partial charge is 0.257 e. The molecule has 0 saturated heterocycles. The first-order valence-corrected chi connectivity index (χ1v) is 10.0. The van der Waals surface area contributed by atoms with Gasteiger partial charge in [-0.2, -0.15) is 0 Å². The molecule has 0 aliphatic heterocycles. The van der Waals surface area contributed by atoms with Gasteiger partial charge in [0.05, 0.1) is 23.4 Å². The molecule has 3 atom stereocenters. The van der Waals surface area contributed by atoms with Crippen LogP contribution in [0.3, 0.4) is 0 Å². The molecule has 0 spiro atoms. The quantitative estimate of drug-likeness (QED) is 0.600. The Balaban J connectivity index is 1.83. The van der Waals surface area contributed by atoms with Gasteiger partial charge in [0.2, 0.25) is 0 Å². The minimum atomic E-state index is -1.48. The van der Waals surface area contributed by atoms with Crippen LogP contribution in [-0.4, -0.2) is 38.7 Å². The lowest BCUT2D eigenvalue weighted by Crippen LogP contribution is -2.42. The van der Waals surface area contributed by atoms with Gasteiger partial charge in [0, 0.05) is 18.4 Å². The van der Waals surface area contributed by atoms with E-state index in [1.807, 2.05) is 0 Å². The number of hydrogen-bond acceptors (Lipinski definition) is 4. The normalized spacial score (nSPS) is 19.6. The van der Waals surface area contributed by atoms with Crippen molar-refractivity contribution in [1.82, 2.24) is 9.88 Å². The lowest BCUT2D eigenvalue weighted by Gasteiger charge is -2.20. The standard InChI is InChI=1S/C22H28FN3O4/c1-11-10-14(8-9-15(11)23)24-21(29)18-12(2)19(26(4)13(18)3)20(28)22(30)25-16-6-5-7-17(16)27/h8-10,16-17,20,27-28H,5-7H2,1-4H3,(H,24,29)(H,25,30)/t16-,17+,20?/m1/s1. The second-order valence-electron chi connectivity index (χ2n) is 7.96. The first-order chi connectivity index (χ1) is 14.1. The third-order valence-electron chi connectivity index (χ3n) is 5.94. The van der Waals surface area contributed by atoms with E-state index in [0.717, 1.165) is 6.42 Å². The molecule has 0 radical (unpaired) electrons. The van der Waals surface area contributed by atoms with E-state index in [-0.39, 0.29) is 11.9 Å². The molecule has 1 aliphatic carbocycles. The fourth-order valence-corrected chi connectivity index (χ4v) is 4.13. The number of nitrogens with one attached hydrogen (secondary N) is 2. The summed E-state index contributed by atoms with van der Waals surface area (Å²) in [6, 6.07) is 3.92. The number of carbonyl (C=O) groups is 2. The lowest BCUT2D eigenvalue weighted by atomic mass is 10.1. The Morgan fingerprint density at radius 3 is 2.53 bits per heavy atom. The molecule has 3 rings (SSSR count). The summed E-state index contributed by atoms with van der Waals surface area (Å²) >= 11 is 0. The molecule has 1 saturated carbocycles. The average molecular weight is 417 g/mol. The Hall–Kier alpha value is -2.71. The number of aliphatic hydroxyl groups is 2. The number of halogens is 1. The van der Waals surface area contributed by atoms with Gasteiger partial charge in [-0.3, -0.25) is 9.59 Å². The van der Waals surface area contributed by atoms with E-state index in [9.17, 15) is 24.2 Å². The number of carbonyl (C=O) groups excluding carboxylic acids is 2. The molecule has 1 aromatic heterocycles. The Kier molecular flexibility index (Phi) is 6.28. The van der Waals surface area contributed by atoms with Gasteiger partial charge in [0.15, 0.2) is 6.10 Å². The minimum absolute atomic E-state index is 0.318. The number of benzene rings is 1. The topological polar surface area (TPSA) is 104 Å². The van der Waals surface area contributed by atoms with E-state index < -0.39 is 24.0 Å². The summed E-state index contributed by atoms with van der Waals surface area (Å²) < 4.78 is 15.1. The molecular formula is C22H28FN3O4. The second-order valence-corrected chi connectivity index (χ2v) is 7.96. The van der Waals surface area contributed by atoms with Crippen LogP contribution in [-0.2, 0) is 11.8 Å². The van der Waals surface area contributed by atoms with E-state index >= 15 is 0 Å². The summed E-state index contributed by atoms with van der Waals surface area (Å²) in [5.74, 6) is -1.37. The van der Waals surface area contributed by atoms with Crippen LogP contribution in [0.15, 0.2) is 18.2 Å². The molecule has 1 unspecified atom stereocenters. The number of hydrogen-bond donors (Lipinski definition) is 4. The monoisotopic (exact) mass is 417 g/mol. The third-order valence-corrected chi connectivity index (χ3v) is 5.94. The van der Waals surface area contributed by atoms with Gasteiger partial charge in [-0.05, 0) is 69.4 Å². The zero-order chi connectivity index (χ0) is 22.2. The van der Waals surface area contributed by atoms with E-state index in [0.29, 0.717) is 46.6 Å². The van der Waals surface area contributed by atoms with E-state index in [2.05, 4.69) is 10.6 Å². The van der Waals surface area contributed by atoms with Crippen molar-refractivity contribution >= 4 is 17.5 Å². The minimum Gasteiger partial charge on any atom is -0.391 e. The maximum atomic E-state index is 13.5. The van der Waals surface area contributed by atoms with Crippen LogP contribution in [0.5, 0.6) is 0 Å². The predicted octanol–water partition coefficient (Wildman–Crippen LogP) is 2.40. The van der Waals surface area contributed by atoms with Gasteiger partial charge in [0.25, 0.3) is 11.8 Å². The molecule has 2 aromatic rings. The van der Waals surface area contributed by atoms with Gasteiger partial charge in [0.1, 0.15) is 5.82 Å². The van der Waals surface area contributed by atoms with Crippen molar-refractivity contribution in [3.8, 4) is 0 Å². The highest BCUT2D eigenvalue weighted by Gasteiger charge is 2.32. The molecule has 162 valence electrons. The van der Waals surface area contributed by atoms with Crippen molar-refractivity contribution in [3.05, 3.63) is 52.1 Å². The molecule has 1 heterocycles. The Morgan fingerprint density at radius 1 is 1.23 bits per heavy atom. The van der Waals surface area contributed by atoms with Gasteiger partial charge >= 0.3 is 0 Å². The fourth-order valence-electron chi connectivity index (χ4n) is 4.13. The summed E-state index contributed by atoms with van der Waals surface area (Å²) in [6.45, 7) is 5.01. The number of nitrogens with zero attached hydrogens (tertiary/aromatic N) is 1. The molecular weight excluding hydrogens is 389 g/mol. The summed E-state index contributed by atoms with van der Waals surface area (Å²) in [4.78, 5) is 25.5. The van der Waals surface area contributed by atoms with Gasteiger partial charge in [-0.15, -0.1) is 0 Å². The molecule has 7 nitrogen and oxygen atoms in total. The highest BCUT2D eigenvalue weighted by Crippen LogP contribution is 2.28. The van der Waals surface area contributed by atoms with Crippen LogP contribution in [0, 0.1) is 26.6 Å². The SMILES string of the molecule is Cc1cc(NC(=O)c2c(C)c(C(O)C(=O)N[C@@H]3CCC[C@@H]3O)n(C)c2C)ccc1F. The van der Waals surface area contributed by atoms with Gasteiger partial charge < -0.3 is 25.4 Å². The Morgan fingerprint density at radius 2 is 1.93 bits per heavy atom. The molecule has 8 heteroatoms. The number of aryl methyl sites for hydroxylation is 1. The van der Waals surface area contributed by atoms with Crippen molar-refractivity contribution in [3.63, 3.8) is 0 Å². The van der Waals surface area contributed by atoms with E-state index in [4.69, 9.17) is 0 Å². The van der Waals surface area contributed by atoms with Crippen LogP contribution in [0.4, 0.5) is 10.1 Å². The molecule has 0 bridgehead atoms. The first-order valence-electron chi connectivity index (χ1n) is 10.0. The molecule has 30 heavy (non-hydrogen) atoms. The van der Waals surface area contributed by atoms with Crippen molar-refractivity contribution in [2.75, 3.05) is 5.32 Å². The molecule has 1 aliphatic rings. The highest BCUT2D eigenvalue weighted by atomic mass is 19.1. The zero-order valence-electron chi connectivity index (χ0n) is 17.6. The van der Waals surface area contributed by atoms with Crippen LogP contribution in [0.1, 0.15) is 58.2 Å². The van der Waals surface area contributed by atoms with Crippen molar-refractivity contribution in [2.45, 2.75) is 58.3 Å². The summed E-state index contributed by atoms with van der Waals surface area (Å²) in [6.07, 6.45) is 0.0120. The maximum Gasteiger partial charge on any atom is 0.257 e. The fraction of sp³-hybridized carbons (Fsp3) is 0.455. The summed E-state index contributed by atoms with van der Waals surface area (Å²) in [5, 5.41) is 26.1. The van der Waals surface area contributed by atoms with Crippen LogP contribution in [0.25, 0.3) is 0 Å². The highest BCUT2D eigenvalue weighted by molar-refractivity contribution is 6.06. The average Bonchev–Trinajstić information content (AvgIpc) is 3.18. The third kappa shape index (κ3) is 4.11. The zero-order valence-corrected chi connectivity index (χ0v) is 17.6. The van der Waals surface area contributed by atoms with E-state index in [1.165, 1.54) is 18.2 Å². The molecule has 4 N–H and O–H groups in total. The second kappa shape index (κ2) is 8.57. The lowest BCUT2D eigenvalue weighted by molar-refractivity contribution is -0.131. The Labute approximate surface area is 174 Å². The number of amides is 2. The molecule has 1 fully saturated rings. The molecule has 2 amide bonds. The van der Waals surface area contributed by atoms with Crippen LogP contribution in [0.2, 0.25) is 0 Å². The molecule has 1 aromatic carbocycles. The van der Waals surface area contributed by atoms with Crippen molar-refractivity contribution < 1.29 is 24.2 Å². The summed E-state index contributed by atoms with van der Waals surface area (Å²) in [5.41, 5.74) is 2.61. The predicted molar refractivity (Wildman–Crippen MR) is 111 cm³/mol. The first kappa shape index (κ1) is 22.0. The maximum absolute atomic E-state index is 13.5. The summed E-state index contributed by atoms with van der Waals surface area (Å²) in [7, 11) is 1.68. The largest absolute Gasteiger partial charge is 0.391 e. The van der Waals surface area contributed by atoms with Crippen molar-refractivity contribution in [1.29, 1.82) is 0 Å².